The number of aromatic nitrogens is 2. The maximum Gasteiger partial charge on any atom is 0.216 e. The van der Waals surface area contributed by atoms with Gasteiger partial charge < -0.3 is 10.1 Å². The van der Waals surface area contributed by atoms with Crippen molar-refractivity contribution in [1.82, 2.24) is 14.3 Å². The van der Waals surface area contributed by atoms with Gasteiger partial charge in [0.25, 0.3) is 0 Å². The third-order valence-corrected chi connectivity index (χ3v) is 6.87. The summed E-state index contributed by atoms with van der Waals surface area (Å²) in [7, 11) is -3.39. The molecular formula is C22H26N4O3S. The molecule has 8 heteroatoms. The summed E-state index contributed by atoms with van der Waals surface area (Å²) in [6.07, 6.45) is -0.202. The molecule has 1 aliphatic rings. The minimum Gasteiger partial charge on any atom is -0.373 e. The molecule has 0 saturated carbocycles. The Balaban J connectivity index is 1.54. The highest BCUT2D eigenvalue weighted by molar-refractivity contribution is 7.89. The Morgan fingerprint density at radius 2 is 1.67 bits per heavy atom. The molecule has 0 bridgehead atoms. The van der Waals surface area contributed by atoms with Gasteiger partial charge in [-0.2, -0.15) is 4.31 Å². The minimum atomic E-state index is -3.39. The Labute approximate surface area is 177 Å². The van der Waals surface area contributed by atoms with Crippen molar-refractivity contribution in [3.05, 3.63) is 54.6 Å². The lowest BCUT2D eigenvalue weighted by atomic mass is 10.2. The number of benzene rings is 2. The number of rotatable bonds is 6. The van der Waals surface area contributed by atoms with E-state index in [1.165, 1.54) is 4.31 Å². The second kappa shape index (κ2) is 8.67. The largest absolute Gasteiger partial charge is 0.373 e. The number of nitrogens with one attached hydrogen (secondary N) is 1. The van der Waals surface area contributed by atoms with E-state index in [1.807, 2.05) is 68.4 Å². The third kappa shape index (κ3) is 4.61. The molecule has 3 aromatic rings. The molecule has 7 nitrogen and oxygen atoms in total. The van der Waals surface area contributed by atoms with Crippen molar-refractivity contribution in [3.63, 3.8) is 0 Å². The number of nitrogens with zero attached hydrogens (tertiary/aromatic N) is 3. The quantitative estimate of drug-likeness (QED) is 0.652. The van der Waals surface area contributed by atoms with Gasteiger partial charge in [-0.15, -0.1) is 0 Å². The Hall–Kier alpha value is -2.55. The molecule has 2 unspecified atom stereocenters. The van der Waals surface area contributed by atoms with Crippen LogP contribution in [0.5, 0.6) is 0 Å². The Morgan fingerprint density at radius 3 is 2.40 bits per heavy atom. The zero-order valence-corrected chi connectivity index (χ0v) is 18.0. The molecule has 158 valence electrons. The van der Waals surface area contributed by atoms with Crippen LogP contribution >= 0.6 is 0 Å². The Morgan fingerprint density at radius 1 is 1.00 bits per heavy atom. The van der Waals surface area contributed by atoms with Gasteiger partial charge in [-0.05, 0) is 26.0 Å². The normalized spacial score (nSPS) is 20.3. The van der Waals surface area contributed by atoms with Crippen LogP contribution in [0.3, 0.4) is 0 Å². The lowest BCUT2D eigenvalue weighted by molar-refractivity contribution is -0.0440. The van der Waals surface area contributed by atoms with Crippen LogP contribution in [0, 0.1) is 0 Å². The molecule has 4 rings (SSSR count). The lowest BCUT2D eigenvalue weighted by Crippen LogP contribution is -2.49. The summed E-state index contributed by atoms with van der Waals surface area (Å²) in [6.45, 7) is 4.84. The van der Waals surface area contributed by atoms with E-state index in [9.17, 15) is 8.42 Å². The van der Waals surface area contributed by atoms with Crippen molar-refractivity contribution >= 4 is 26.7 Å². The van der Waals surface area contributed by atoms with E-state index in [0.29, 0.717) is 24.7 Å². The van der Waals surface area contributed by atoms with E-state index >= 15 is 0 Å². The van der Waals surface area contributed by atoms with Gasteiger partial charge in [0.15, 0.2) is 5.82 Å². The van der Waals surface area contributed by atoms with Gasteiger partial charge in [0.1, 0.15) is 5.82 Å². The molecule has 1 N–H and O–H groups in total. The van der Waals surface area contributed by atoms with Crippen molar-refractivity contribution in [2.45, 2.75) is 26.1 Å². The zero-order valence-electron chi connectivity index (χ0n) is 17.2. The molecule has 2 atom stereocenters. The van der Waals surface area contributed by atoms with Crippen LogP contribution in [0.1, 0.15) is 13.8 Å². The number of fused-ring (bicyclic) bond motifs is 1. The number of hydrogen-bond donors (Lipinski definition) is 1. The average Bonchev–Trinajstić information content (AvgIpc) is 2.73. The van der Waals surface area contributed by atoms with E-state index in [0.717, 1.165) is 16.5 Å². The Kier molecular flexibility index (Phi) is 5.99. The summed E-state index contributed by atoms with van der Waals surface area (Å²) >= 11 is 0. The number of ether oxygens (including phenoxy) is 1. The first-order valence-electron chi connectivity index (χ1n) is 10.1. The van der Waals surface area contributed by atoms with Crippen molar-refractivity contribution in [3.8, 4) is 11.4 Å². The van der Waals surface area contributed by atoms with Crippen LogP contribution in [0.15, 0.2) is 54.6 Å². The van der Waals surface area contributed by atoms with Gasteiger partial charge in [-0.25, -0.2) is 18.4 Å². The second-order valence-corrected chi connectivity index (χ2v) is 9.68. The van der Waals surface area contributed by atoms with E-state index in [4.69, 9.17) is 4.74 Å². The second-order valence-electron chi connectivity index (χ2n) is 7.60. The summed E-state index contributed by atoms with van der Waals surface area (Å²) in [4.78, 5) is 9.34. The maximum absolute atomic E-state index is 12.8. The van der Waals surface area contributed by atoms with Crippen LogP contribution < -0.4 is 5.32 Å². The molecule has 0 radical (unpaired) electrons. The van der Waals surface area contributed by atoms with Gasteiger partial charge >= 0.3 is 0 Å². The molecule has 1 saturated heterocycles. The van der Waals surface area contributed by atoms with Crippen molar-refractivity contribution in [2.75, 3.05) is 30.7 Å². The fourth-order valence-corrected chi connectivity index (χ4v) is 5.21. The Bertz CT molecular complexity index is 1110. The maximum atomic E-state index is 12.8. The molecule has 1 aliphatic heterocycles. The zero-order chi connectivity index (χ0) is 21.1. The van der Waals surface area contributed by atoms with E-state index in [2.05, 4.69) is 15.3 Å². The first-order valence-corrected chi connectivity index (χ1v) is 11.7. The smallest absolute Gasteiger partial charge is 0.216 e. The molecular weight excluding hydrogens is 400 g/mol. The summed E-state index contributed by atoms with van der Waals surface area (Å²) < 4.78 is 32.8. The van der Waals surface area contributed by atoms with Crippen molar-refractivity contribution < 1.29 is 13.2 Å². The third-order valence-electron chi connectivity index (χ3n) is 5.07. The number of para-hydroxylation sites is 1. The molecule has 1 aromatic heterocycles. The molecule has 1 fully saturated rings. The highest BCUT2D eigenvalue weighted by atomic mass is 32.2. The predicted octanol–water partition coefficient (Wildman–Crippen LogP) is 3.15. The summed E-state index contributed by atoms with van der Waals surface area (Å²) in [5.74, 6) is 1.24. The molecule has 30 heavy (non-hydrogen) atoms. The van der Waals surface area contributed by atoms with Crippen molar-refractivity contribution in [2.24, 2.45) is 0 Å². The molecule has 0 amide bonds. The van der Waals surface area contributed by atoms with Crippen molar-refractivity contribution in [1.29, 1.82) is 0 Å². The SMILES string of the molecule is CC1CN(S(=O)(=O)CCNc2nc(-c3ccccc3)nc3ccccc23)CC(C)O1. The van der Waals surface area contributed by atoms with Gasteiger partial charge in [0.2, 0.25) is 10.0 Å². The van der Waals surface area contributed by atoms with Crippen LogP contribution in [-0.2, 0) is 14.8 Å². The molecule has 0 spiro atoms. The highest BCUT2D eigenvalue weighted by Crippen LogP contribution is 2.25. The molecule has 0 aliphatic carbocycles. The topological polar surface area (TPSA) is 84.4 Å². The molecule has 2 aromatic carbocycles. The number of morpholine rings is 1. The monoisotopic (exact) mass is 426 g/mol. The van der Waals surface area contributed by atoms with Crippen LogP contribution in [0.4, 0.5) is 5.82 Å². The van der Waals surface area contributed by atoms with Gasteiger partial charge in [-0.3, -0.25) is 0 Å². The summed E-state index contributed by atoms with van der Waals surface area (Å²) in [6, 6.07) is 17.5. The van der Waals surface area contributed by atoms with Crippen LogP contribution in [0.2, 0.25) is 0 Å². The van der Waals surface area contributed by atoms with E-state index in [1.54, 1.807) is 0 Å². The van der Waals surface area contributed by atoms with Gasteiger partial charge in [0, 0.05) is 30.6 Å². The standard InChI is InChI=1S/C22H26N4O3S/c1-16-14-26(15-17(2)29-16)30(27,28)13-12-23-22-19-10-6-7-11-20(19)24-21(25-22)18-8-4-3-5-9-18/h3-11,16-17H,12-15H2,1-2H3,(H,23,24,25). The predicted molar refractivity (Wildman–Crippen MR) is 119 cm³/mol. The van der Waals surface area contributed by atoms with Crippen LogP contribution in [-0.4, -0.2) is 60.3 Å². The number of sulfonamides is 1. The van der Waals surface area contributed by atoms with E-state index in [-0.39, 0.29) is 24.5 Å². The van der Waals surface area contributed by atoms with Gasteiger partial charge in [0.05, 0.1) is 23.5 Å². The lowest BCUT2D eigenvalue weighted by Gasteiger charge is -2.34. The first-order chi connectivity index (χ1) is 14.4. The first kappa shape index (κ1) is 20.7. The number of anilines is 1. The van der Waals surface area contributed by atoms with E-state index < -0.39 is 10.0 Å². The average molecular weight is 427 g/mol. The van der Waals surface area contributed by atoms with Crippen LogP contribution in [0.25, 0.3) is 22.3 Å². The van der Waals surface area contributed by atoms with Gasteiger partial charge in [-0.1, -0.05) is 42.5 Å². The minimum absolute atomic E-state index is 0.00849. The summed E-state index contributed by atoms with van der Waals surface area (Å²) in [5.41, 5.74) is 1.72. The highest BCUT2D eigenvalue weighted by Gasteiger charge is 2.30. The fraction of sp³-hybridized carbons (Fsp3) is 0.364. The fourth-order valence-electron chi connectivity index (χ4n) is 3.71. The molecule has 2 heterocycles. The summed E-state index contributed by atoms with van der Waals surface area (Å²) in [5, 5.41) is 4.09. The number of hydrogen-bond acceptors (Lipinski definition) is 6.